The van der Waals surface area contributed by atoms with Crippen molar-refractivity contribution in [1.29, 1.82) is 0 Å². The summed E-state index contributed by atoms with van der Waals surface area (Å²) in [4.78, 5) is 4.55. The van der Waals surface area contributed by atoms with E-state index in [1.54, 1.807) is 0 Å². The van der Waals surface area contributed by atoms with Crippen LogP contribution in [-0.2, 0) is 11.4 Å². The largest absolute Gasteiger partial charge is 0.496 e. The van der Waals surface area contributed by atoms with Crippen LogP contribution in [0.15, 0.2) is 12.1 Å². The fraction of sp³-hybridized carbons (Fsp3) is 0.333. The molecule has 0 aliphatic carbocycles. The quantitative estimate of drug-likeness (QED) is 0.754. The minimum Gasteiger partial charge on any atom is -0.496 e. The van der Waals surface area contributed by atoms with Gasteiger partial charge in [0.05, 0.1) is 20.8 Å². The van der Waals surface area contributed by atoms with Crippen molar-refractivity contribution in [3.05, 3.63) is 29.3 Å². The molecule has 1 aromatic carbocycles. The lowest BCUT2D eigenvalue weighted by molar-refractivity contribution is 0.0851. The zero-order valence-corrected chi connectivity index (χ0v) is 7.93. The minimum atomic E-state index is -0.922. The molecule has 0 atom stereocenters. The molecule has 0 spiro atoms. The van der Waals surface area contributed by atoms with Crippen LogP contribution in [0, 0.1) is 11.6 Å². The molecule has 0 unspecified atom stereocenters. The van der Waals surface area contributed by atoms with Gasteiger partial charge in [0, 0.05) is 5.56 Å². The monoisotopic (exact) mass is 203 g/mol. The molecule has 1 aromatic rings. The smallest absolute Gasteiger partial charge is 0.167 e. The first-order chi connectivity index (χ1) is 6.70. The highest BCUT2D eigenvalue weighted by molar-refractivity contribution is 5.35. The molecule has 0 heterocycles. The Balaban J connectivity index is 3.01. The van der Waals surface area contributed by atoms with Crippen molar-refractivity contribution in [3.8, 4) is 5.75 Å². The molecule has 1 N–H and O–H groups in total. The number of methoxy groups -OCH3 is 1. The number of ether oxygens (including phenoxy) is 1. The van der Waals surface area contributed by atoms with Crippen molar-refractivity contribution in [3.63, 3.8) is 0 Å². The average Bonchev–Trinajstić information content (AvgIpc) is 2.20. The number of hydroxylamine groups is 1. The maximum atomic E-state index is 13.2. The second-order valence-corrected chi connectivity index (χ2v) is 2.57. The van der Waals surface area contributed by atoms with E-state index in [1.807, 2.05) is 0 Å². The molecule has 5 heteroatoms. The van der Waals surface area contributed by atoms with Crippen LogP contribution in [0.1, 0.15) is 5.56 Å². The normalized spacial score (nSPS) is 10.3. The summed E-state index contributed by atoms with van der Waals surface area (Å²) in [5.74, 6) is -1.54. The highest BCUT2D eigenvalue weighted by atomic mass is 19.2. The van der Waals surface area contributed by atoms with Crippen LogP contribution in [0.5, 0.6) is 5.75 Å². The SMILES string of the molecule is CONCc1c(OC)ccc(F)c1F. The predicted octanol–water partition coefficient (Wildman–Crippen LogP) is 1.62. The summed E-state index contributed by atoms with van der Waals surface area (Å²) in [5.41, 5.74) is 2.53. The molecule has 0 bridgehead atoms. The summed E-state index contributed by atoms with van der Waals surface area (Å²) in [6.07, 6.45) is 0. The highest BCUT2D eigenvalue weighted by Crippen LogP contribution is 2.23. The van der Waals surface area contributed by atoms with Crippen molar-refractivity contribution in [2.45, 2.75) is 6.54 Å². The highest BCUT2D eigenvalue weighted by Gasteiger charge is 2.13. The van der Waals surface area contributed by atoms with Crippen LogP contribution < -0.4 is 10.2 Å². The fourth-order valence-corrected chi connectivity index (χ4v) is 1.08. The van der Waals surface area contributed by atoms with Crippen molar-refractivity contribution in [2.24, 2.45) is 0 Å². The molecule has 0 aromatic heterocycles. The molecule has 0 aliphatic rings. The molecule has 0 saturated carbocycles. The summed E-state index contributed by atoms with van der Waals surface area (Å²) in [7, 11) is 2.78. The molecule has 78 valence electrons. The summed E-state index contributed by atoms with van der Waals surface area (Å²) < 4.78 is 30.9. The molecule has 0 amide bonds. The van der Waals surface area contributed by atoms with E-state index < -0.39 is 11.6 Å². The summed E-state index contributed by atoms with van der Waals surface area (Å²) in [6.45, 7) is 0.0449. The number of halogens is 2. The van der Waals surface area contributed by atoms with E-state index in [9.17, 15) is 8.78 Å². The number of nitrogens with one attached hydrogen (secondary N) is 1. The van der Waals surface area contributed by atoms with Gasteiger partial charge in [0.25, 0.3) is 0 Å². The first kappa shape index (κ1) is 10.9. The van der Waals surface area contributed by atoms with Crippen LogP contribution in [-0.4, -0.2) is 14.2 Å². The third-order valence-corrected chi connectivity index (χ3v) is 1.77. The maximum absolute atomic E-state index is 13.2. The zero-order chi connectivity index (χ0) is 10.6. The Morgan fingerprint density at radius 3 is 2.57 bits per heavy atom. The van der Waals surface area contributed by atoms with Crippen LogP contribution >= 0.6 is 0 Å². The average molecular weight is 203 g/mol. The van der Waals surface area contributed by atoms with Crippen LogP contribution in [0.2, 0.25) is 0 Å². The van der Waals surface area contributed by atoms with Gasteiger partial charge in [0.1, 0.15) is 5.75 Å². The lowest BCUT2D eigenvalue weighted by atomic mass is 10.2. The van der Waals surface area contributed by atoms with E-state index in [1.165, 1.54) is 20.3 Å². The number of hydrogen-bond donors (Lipinski definition) is 1. The second kappa shape index (κ2) is 4.88. The predicted molar refractivity (Wildman–Crippen MR) is 46.8 cm³/mol. The Morgan fingerprint density at radius 1 is 1.29 bits per heavy atom. The molecular formula is C9H11F2NO2. The molecular weight excluding hydrogens is 192 g/mol. The van der Waals surface area contributed by atoms with Gasteiger partial charge in [-0.15, -0.1) is 0 Å². The van der Waals surface area contributed by atoms with Crippen molar-refractivity contribution in [1.82, 2.24) is 5.48 Å². The van der Waals surface area contributed by atoms with Gasteiger partial charge in [-0.25, -0.2) is 8.78 Å². The van der Waals surface area contributed by atoms with Gasteiger partial charge in [-0.05, 0) is 12.1 Å². The Morgan fingerprint density at radius 2 is 2.00 bits per heavy atom. The molecule has 3 nitrogen and oxygen atoms in total. The summed E-state index contributed by atoms with van der Waals surface area (Å²) in [6, 6.07) is 2.38. The fourth-order valence-electron chi connectivity index (χ4n) is 1.08. The van der Waals surface area contributed by atoms with E-state index in [2.05, 4.69) is 10.3 Å². The van der Waals surface area contributed by atoms with Crippen molar-refractivity contribution in [2.75, 3.05) is 14.2 Å². The topological polar surface area (TPSA) is 30.5 Å². The first-order valence-electron chi connectivity index (χ1n) is 3.97. The van der Waals surface area contributed by atoms with Gasteiger partial charge in [-0.3, -0.25) is 0 Å². The molecule has 0 aliphatic heterocycles. The molecule has 1 rings (SSSR count). The molecule has 14 heavy (non-hydrogen) atoms. The molecule has 0 fully saturated rings. The zero-order valence-electron chi connectivity index (χ0n) is 7.93. The van der Waals surface area contributed by atoms with E-state index in [4.69, 9.17) is 4.74 Å². The van der Waals surface area contributed by atoms with Crippen molar-refractivity contribution < 1.29 is 18.4 Å². The lowest BCUT2D eigenvalue weighted by Crippen LogP contribution is -2.13. The van der Waals surface area contributed by atoms with Gasteiger partial charge in [-0.1, -0.05) is 0 Å². The van der Waals surface area contributed by atoms with Crippen LogP contribution in [0.25, 0.3) is 0 Å². The second-order valence-electron chi connectivity index (χ2n) is 2.57. The minimum absolute atomic E-state index is 0.0449. The molecule has 0 saturated heterocycles. The van der Waals surface area contributed by atoms with E-state index in [0.29, 0.717) is 0 Å². The number of rotatable bonds is 4. The Bertz CT molecular complexity index is 318. The maximum Gasteiger partial charge on any atom is 0.167 e. The van der Waals surface area contributed by atoms with Gasteiger partial charge in [0.15, 0.2) is 11.6 Å². The Kier molecular flexibility index (Phi) is 3.79. The standard InChI is InChI=1S/C9H11F2NO2/c1-13-8-4-3-7(10)9(11)6(8)5-12-14-2/h3-4,12H,5H2,1-2H3. The third kappa shape index (κ3) is 2.18. The number of hydrogen-bond acceptors (Lipinski definition) is 3. The summed E-state index contributed by atoms with van der Waals surface area (Å²) in [5, 5.41) is 0. The first-order valence-corrected chi connectivity index (χ1v) is 3.97. The number of benzene rings is 1. The van der Waals surface area contributed by atoms with E-state index >= 15 is 0 Å². The Hall–Kier alpha value is -1.20. The lowest BCUT2D eigenvalue weighted by Gasteiger charge is -2.09. The van der Waals surface area contributed by atoms with Crippen LogP contribution in [0.3, 0.4) is 0 Å². The Labute approximate surface area is 80.6 Å². The van der Waals surface area contributed by atoms with Gasteiger partial charge < -0.3 is 9.57 Å². The molecule has 0 radical (unpaired) electrons. The van der Waals surface area contributed by atoms with E-state index in [0.717, 1.165) is 6.07 Å². The third-order valence-electron chi connectivity index (χ3n) is 1.77. The van der Waals surface area contributed by atoms with Gasteiger partial charge >= 0.3 is 0 Å². The van der Waals surface area contributed by atoms with E-state index in [-0.39, 0.29) is 17.9 Å². The van der Waals surface area contributed by atoms with Gasteiger partial charge in [-0.2, -0.15) is 5.48 Å². The van der Waals surface area contributed by atoms with Crippen molar-refractivity contribution >= 4 is 0 Å². The summed E-state index contributed by atoms with van der Waals surface area (Å²) >= 11 is 0. The van der Waals surface area contributed by atoms with Gasteiger partial charge in [0.2, 0.25) is 0 Å². The van der Waals surface area contributed by atoms with Crippen LogP contribution in [0.4, 0.5) is 8.78 Å².